The number of hydrogen-bond acceptors (Lipinski definition) is 4. The lowest BCUT2D eigenvalue weighted by Gasteiger charge is -2.57. The first-order valence-corrected chi connectivity index (χ1v) is 10.4. The lowest BCUT2D eigenvalue weighted by molar-refractivity contribution is -0.184. The Labute approximate surface area is 167 Å². The molecule has 0 bridgehead atoms. The summed E-state index contributed by atoms with van der Waals surface area (Å²) in [6.45, 7) is 9.47. The van der Waals surface area contributed by atoms with Crippen molar-refractivity contribution in [3.05, 3.63) is 35.5 Å². The van der Waals surface area contributed by atoms with Gasteiger partial charge in [-0.15, -0.1) is 0 Å². The second-order valence-corrected chi connectivity index (χ2v) is 9.69. The molecule has 150 valence electrons. The van der Waals surface area contributed by atoms with Gasteiger partial charge in [-0.25, -0.2) is 0 Å². The zero-order valence-corrected chi connectivity index (χ0v) is 17.5. The van der Waals surface area contributed by atoms with Gasteiger partial charge in [0.1, 0.15) is 0 Å². The molecule has 0 heterocycles. The fourth-order valence-electron chi connectivity index (χ4n) is 7.12. The first-order chi connectivity index (χ1) is 13.0. The fourth-order valence-corrected chi connectivity index (χ4v) is 7.12. The van der Waals surface area contributed by atoms with Crippen LogP contribution in [-0.2, 0) is 19.1 Å². The van der Waals surface area contributed by atoms with E-state index < -0.39 is 5.60 Å². The molecule has 4 heteroatoms. The van der Waals surface area contributed by atoms with Crippen LogP contribution in [0.4, 0.5) is 0 Å². The second kappa shape index (κ2) is 6.01. The van der Waals surface area contributed by atoms with Crippen LogP contribution < -0.4 is 0 Å². The highest BCUT2D eigenvalue weighted by atomic mass is 16.6. The maximum Gasteiger partial charge on any atom is 0.303 e. The number of carbonyl (C=O) groups excluding carboxylic acids is 3. The summed E-state index contributed by atoms with van der Waals surface area (Å²) in [5.41, 5.74) is 0.792. The van der Waals surface area contributed by atoms with E-state index in [-0.39, 0.29) is 34.3 Å². The van der Waals surface area contributed by atoms with E-state index in [1.165, 1.54) is 12.5 Å². The normalized spacial score (nSPS) is 44.0. The minimum atomic E-state index is -1.01. The molecular formula is C24H30O4. The molecule has 0 aromatic heterocycles. The molecule has 0 unspecified atom stereocenters. The molecular weight excluding hydrogens is 352 g/mol. The predicted molar refractivity (Wildman–Crippen MR) is 106 cm³/mol. The van der Waals surface area contributed by atoms with Crippen LogP contribution in [0.25, 0.3) is 0 Å². The van der Waals surface area contributed by atoms with Crippen LogP contribution in [0.15, 0.2) is 35.5 Å². The van der Waals surface area contributed by atoms with Crippen LogP contribution >= 0.6 is 0 Å². The van der Waals surface area contributed by atoms with Gasteiger partial charge in [-0.2, -0.15) is 0 Å². The summed E-state index contributed by atoms with van der Waals surface area (Å²) in [5.74, 6) is 0.651. The molecule has 2 fully saturated rings. The van der Waals surface area contributed by atoms with Crippen LogP contribution in [0.2, 0.25) is 0 Å². The molecule has 6 atom stereocenters. The van der Waals surface area contributed by atoms with Gasteiger partial charge in [0.25, 0.3) is 0 Å². The van der Waals surface area contributed by atoms with Crippen molar-refractivity contribution in [2.75, 3.05) is 0 Å². The third-order valence-electron chi connectivity index (χ3n) is 8.44. The summed E-state index contributed by atoms with van der Waals surface area (Å²) in [6.07, 6.45) is 11.2. The third-order valence-corrected chi connectivity index (χ3v) is 8.44. The van der Waals surface area contributed by atoms with Crippen LogP contribution in [0.1, 0.15) is 60.3 Å². The highest BCUT2D eigenvalue weighted by Gasteiger charge is 2.67. The Bertz CT molecular complexity index is 862. The molecule has 4 aliphatic carbocycles. The van der Waals surface area contributed by atoms with E-state index in [1.807, 2.05) is 0 Å². The zero-order valence-electron chi connectivity index (χ0n) is 17.5. The van der Waals surface area contributed by atoms with Crippen molar-refractivity contribution in [3.8, 4) is 0 Å². The van der Waals surface area contributed by atoms with Gasteiger partial charge in [0.15, 0.2) is 17.2 Å². The quantitative estimate of drug-likeness (QED) is 0.666. The van der Waals surface area contributed by atoms with Gasteiger partial charge in [0, 0.05) is 17.8 Å². The number of rotatable bonds is 2. The molecule has 0 spiro atoms. The van der Waals surface area contributed by atoms with Gasteiger partial charge in [-0.05, 0) is 75.0 Å². The summed E-state index contributed by atoms with van der Waals surface area (Å²) >= 11 is 0. The number of ether oxygens (including phenoxy) is 1. The smallest absolute Gasteiger partial charge is 0.303 e. The predicted octanol–water partition coefficient (Wildman–Crippen LogP) is 4.35. The Balaban J connectivity index is 1.80. The van der Waals surface area contributed by atoms with Gasteiger partial charge in [0.05, 0.1) is 0 Å². The van der Waals surface area contributed by atoms with Crippen molar-refractivity contribution in [3.63, 3.8) is 0 Å². The van der Waals surface area contributed by atoms with Crippen molar-refractivity contribution >= 4 is 17.5 Å². The van der Waals surface area contributed by atoms with E-state index >= 15 is 0 Å². The largest absolute Gasteiger partial charge is 0.451 e. The van der Waals surface area contributed by atoms with Crippen molar-refractivity contribution < 1.29 is 19.1 Å². The Morgan fingerprint density at radius 2 is 1.79 bits per heavy atom. The summed E-state index contributed by atoms with van der Waals surface area (Å²) < 4.78 is 5.81. The number of fused-ring (bicyclic) bond motifs is 5. The fraction of sp³-hybridized carbons (Fsp3) is 0.625. The van der Waals surface area contributed by atoms with Crippen molar-refractivity contribution in [1.29, 1.82) is 0 Å². The average molecular weight is 383 g/mol. The Kier molecular flexibility index (Phi) is 4.16. The van der Waals surface area contributed by atoms with E-state index in [9.17, 15) is 14.4 Å². The minimum Gasteiger partial charge on any atom is -0.451 e. The molecule has 0 aromatic rings. The Morgan fingerprint density at radius 3 is 2.43 bits per heavy atom. The van der Waals surface area contributed by atoms with Crippen LogP contribution in [0.3, 0.4) is 0 Å². The lowest BCUT2D eigenvalue weighted by Crippen LogP contribution is -2.58. The molecule has 4 rings (SSSR count). The summed E-state index contributed by atoms with van der Waals surface area (Å²) in [7, 11) is 0. The van der Waals surface area contributed by atoms with E-state index in [1.54, 1.807) is 19.1 Å². The number of carbonyl (C=O) groups is 3. The number of ketones is 2. The summed E-state index contributed by atoms with van der Waals surface area (Å²) in [6, 6.07) is 0. The molecule has 0 radical (unpaired) electrons. The van der Waals surface area contributed by atoms with Gasteiger partial charge < -0.3 is 4.74 Å². The number of allylic oxidation sites excluding steroid dienone is 6. The van der Waals surface area contributed by atoms with Gasteiger partial charge in [0.2, 0.25) is 0 Å². The highest BCUT2D eigenvalue weighted by molar-refractivity contribution is 6.02. The first kappa shape index (κ1) is 19.4. The molecule has 4 nitrogen and oxygen atoms in total. The molecule has 28 heavy (non-hydrogen) atoms. The molecule has 0 saturated heterocycles. The van der Waals surface area contributed by atoms with Crippen molar-refractivity contribution in [2.45, 2.75) is 65.9 Å². The van der Waals surface area contributed by atoms with Crippen LogP contribution in [0.5, 0.6) is 0 Å². The first-order valence-electron chi connectivity index (χ1n) is 10.4. The van der Waals surface area contributed by atoms with E-state index in [0.29, 0.717) is 18.3 Å². The number of esters is 1. The topological polar surface area (TPSA) is 60.4 Å². The summed E-state index contributed by atoms with van der Waals surface area (Å²) in [4.78, 5) is 36.6. The standard InChI is InChI=1S/C24H30O4/c1-14-12-18-19(22(4)9-6-17(27)13-21(14)22)7-10-23(5)20(18)8-11-24(23,15(2)25)28-16(3)26/h6,9,12-13,18-20H,7-8,10-11H2,1-5H3/t18-,19+,20+,22-,23+,24+/m1/s1. The van der Waals surface area contributed by atoms with Crippen molar-refractivity contribution in [2.24, 2.45) is 28.6 Å². The Morgan fingerprint density at radius 1 is 1.11 bits per heavy atom. The molecule has 0 amide bonds. The van der Waals surface area contributed by atoms with Gasteiger partial charge >= 0.3 is 5.97 Å². The zero-order chi connectivity index (χ0) is 20.5. The second-order valence-electron chi connectivity index (χ2n) is 9.69. The van der Waals surface area contributed by atoms with Crippen molar-refractivity contribution in [1.82, 2.24) is 0 Å². The van der Waals surface area contributed by atoms with Crippen LogP contribution in [-0.4, -0.2) is 23.1 Å². The van der Waals surface area contributed by atoms with E-state index in [4.69, 9.17) is 4.74 Å². The van der Waals surface area contributed by atoms with Gasteiger partial charge in [-0.3, -0.25) is 14.4 Å². The molecule has 2 saturated carbocycles. The SMILES string of the molecule is CC(=O)O[C@]1(C(C)=O)CC[C@H]2[C@@H]3C=C(C)C4=CC(=O)C=C[C@]4(C)[C@H]3CC[C@@]21C. The maximum atomic E-state index is 12.8. The minimum absolute atomic E-state index is 0.0300. The van der Waals surface area contributed by atoms with Crippen LogP contribution in [0, 0.1) is 28.6 Å². The average Bonchev–Trinajstić information content (AvgIpc) is 2.90. The highest BCUT2D eigenvalue weighted by Crippen LogP contribution is 2.67. The summed E-state index contributed by atoms with van der Waals surface area (Å²) in [5, 5.41) is 0. The third kappa shape index (κ3) is 2.33. The molecule has 0 N–H and O–H groups in total. The monoisotopic (exact) mass is 382 g/mol. The molecule has 0 aliphatic heterocycles. The van der Waals surface area contributed by atoms with E-state index in [2.05, 4.69) is 32.9 Å². The number of Topliss-reactive ketones (excluding diaryl/α,β-unsaturated/α-hetero) is 1. The van der Waals surface area contributed by atoms with E-state index in [0.717, 1.165) is 24.8 Å². The molecule has 4 aliphatic rings. The lowest BCUT2D eigenvalue weighted by atomic mass is 9.48. The Hall–Kier alpha value is -1.97. The van der Waals surface area contributed by atoms with Gasteiger partial charge in [-0.1, -0.05) is 31.6 Å². The number of hydrogen-bond donors (Lipinski definition) is 0. The maximum absolute atomic E-state index is 12.8. The molecule has 0 aromatic carbocycles.